The smallest absolute Gasteiger partial charge is 0.214 e. The lowest BCUT2D eigenvalue weighted by molar-refractivity contribution is 0.450. The number of hydrogen-bond acceptors (Lipinski definition) is 3. The van der Waals surface area contributed by atoms with Gasteiger partial charge in [0.25, 0.3) is 0 Å². The Morgan fingerprint density at radius 2 is 2.00 bits per heavy atom. The average Bonchev–Trinajstić information content (AvgIpc) is 2.56. The molecule has 2 N–H and O–H groups in total. The summed E-state index contributed by atoms with van der Waals surface area (Å²) in [5.74, 6) is 1.00. The van der Waals surface area contributed by atoms with Gasteiger partial charge >= 0.3 is 0 Å². The molecule has 0 bridgehead atoms. The van der Waals surface area contributed by atoms with E-state index in [1.165, 1.54) is 4.31 Å². The van der Waals surface area contributed by atoms with Crippen molar-refractivity contribution in [2.75, 3.05) is 31.9 Å². The summed E-state index contributed by atoms with van der Waals surface area (Å²) in [6.45, 7) is 10.5. The highest BCUT2D eigenvalue weighted by molar-refractivity contribution is 14.0. The summed E-state index contributed by atoms with van der Waals surface area (Å²) in [6, 6.07) is 0. The lowest BCUT2D eigenvalue weighted by Gasteiger charge is -2.24. The quantitative estimate of drug-likeness (QED) is 0.406. The predicted molar refractivity (Wildman–Crippen MR) is 94.3 cm³/mol. The normalized spacial score (nSPS) is 19.5. The van der Waals surface area contributed by atoms with Gasteiger partial charge in [0.2, 0.25) is 10.0 Å². The number of hydrogen-bond donors (Lipinski definition) is 2. The van der Waals surface area contributed by atoms with Crippen molar-refractivity contribution in [2.24, 2.45) is 4.99 Å². The molecular formula is C12H27IN4O2S. The van der Waals surface area contributed by atoms with Gasteiger partial charge in [-0.25, -0.2) is 12.7 Å². The van der Waals surface area contributed by atoms with Crippen LogP contribution in [0.4, 0.5) is 0 Å². The van der Waals surface area contributed by atoms with Crippen LogP contribution in [0.5, 0.6) is 0 Å². The van der Waals surface area contributed by atoms with Gasteiger partial charge in [-0.15, -0.1) is 24.0 Å². The molecule has 0 spiro atoms. The van der Waals surface area contributed by atoms with Crippen LogP contribution in [0.1, 0.15) is 34.1 Å². The Bertz CT molecular complexity index is 418. The first-order chi connectivity index (χ1) is 8.74. The largest absolute Gasteiger partial charge is 0.357 e. The van der Waals surface area contributed by atoms with Crippen LogP contribution < -0.4 is 10.6 Å². The molecule has 0 atom stereocenters. The minimum Gasteiger partial charge on any atom is -0.357 e. The highest BCUT2D eigenvalue weighted by atomic mass is 127. The number of guanidine groups is 1. The zero-order valence-electron chi connectivity index (χ0n) is 12.8. The Balaban J connectivity index is 0.00000361. The second kappa shape index (κ2) is 8.38. The van der Waals surface area contributed by atoms with Gasteiger partial charge in [-0.05, 0) is 34.1 Å². The molecule has 1 fully saturated rings. The zero-order chi connectivity index (χ0) is 14.5. The fraction of sp³-hybridized carbons (Fsp3) is 0.917. The maximum Gasteiger partial charge on any atom is 0.214 e. The van der Waals surface area contributed by atoms with Gasteiger partial charge in [0.1, 0.15) is 0 Å². The molecule has 0 aromatic heterocycles. The molecule has 0 saturated carbocycles. The molecule has 120 valence electrons. The minimum atomic E-state index is -3.01. The van der Waals surface area contributed by atoms with Crippen LogP contribution in [-0.2, 0) is 10.0 Å². The summed E-state index contributed by atoms with van der Waals surface area (Å²) < 4.78 is 24.8. The summed E-state index contributed by atoms with van der Waals surface area (Å²) in [7, 11) is -3.01. The van der Waals surface area contributed by atoms with Crippen molar-refractivity contribution >= 4 is 40.0 Å². The molecule has 1 aliphatic rings. The Morgan fingerprint density at radius 1 is 1.35 bits per heavy atom. The molecule has 20 heavy (non-hydrogen) atoms. The maximum atomic E-state index is 11.6. The molecule has 0 unspecified atom stereocenters. The molecule has 0 aromatic rings. The topological polar surface area (TPSA) is 73.8 Å². The lowest BCUT2D eigenvalue weighted by Crippen LogP contribution is -2.47. The second-order valence-electron chi connectivity index (χ2n) is 5.70. The third-order valence-corrected chi connectivity index (χ3v) is 4.62. The molecule has 0 amide bonds. The van der Waals surface area contributed by atoms with Crippen LogP contribution in [-0.4, -0.2) is 56.2 Å². The highest BCUT2D eigenvalue weighted by Gasteiger charge is 2.27. The first kappa shape index (κ1) is 19.9. The fourth-order valence-electron chi connectivity index (χ4n) is 1.88. The predicted octanol–water partition coefficient (Wildman–Crippen LogP) is 0.993. The van der Waals surface area contributed by atoms with E-state index in [-0.39, 0.29) is 35.3 Å². The highest BCUT2D eigenvalue weighted by Crippen LogP contribution is 2.12. The first-order valence-corrected chi connectivity index (χ1v) is 8.40. The molecule has 0 aromatic carbocycles. The summed E-state index contributed by atoms with van der Waals surface area (Å²) in [4.78, 5) is 4.42. The zero-order valence-corrected chi connectivity index (χ0v) is 15.9. The number of nitrogens with one attached hydrogen (secondary N) is 2. The number of rotatable bonds is 4. The minimum absolute atomic E-state index is 0. The average molecular weight is 418 g/mol. The molecule has 0 aliphatic carbocycles. The van der Waals surface area contributed by atoms with Crippen LogP contribution in [0.25, 0.3) is 0 Å². The van der Waals surface area contributed by atoms with Crippen LogP contribution in [0.2, 0.25) is 0 Å². The molecular weight excluding hydrogens is 391 g/mol. The van der Waals surface area contributed by atoms with Gasteiger partial charge in [-0.3, -0.25) is 4.99 Å². The van der Waals surface area contributed by atoms with Crippen molar-refractivity contribution in [2.45, 2.75) is 39.7 Å². The van der Waals surface area contributed by atoms with Gasteiger partial charge in [-0.1, -0.05) is 0 Å². The first-order valence-electron chi connectivity index (χ1n) is 6.79. The lowest BCUT2D eigenvalue weighted by atomic mass is 10.1. The van der Waals surface area contributed by atoms with E-state index >= 15 is 0 Å². The Kier molecular flexibility index (Phi) is 8.34. The Labute approximate surface area is 139 Å². The van der Waals surface area contributed by atoms with E-state index in [9.17, 15) is 8.42 Å². The number of aliphatic imine (C=N–C) groups is 1. The molecule has 8 heteroatoms. The van der Waals surface area contributed by atoms with Gasteiger partial charge in [0.05, 0.1) is 12.3 Å². The van der Waals surface area contributed by atoms with Crippen molar-refractivity contribution in [3.63, 3.8) is 0 Å². The molecule has 1 saturated heterocycles. The van der Waals surface area contributed by atoms with Crippen LogP contribution in [0.3, 0.4) is 0 Å². The monoisotopic (exact) mass is 418 g/mol. The molecule has 0 radical (unpaired) electrons. The standard InChI is InChI=1S/C12H26N4O2S.HI/c1-5-13-11(15-12(2,3)4)14-7-9-16-8-6-10-19(16,17)18;/h5-10H2,1-4H3,(H2,13,14,15);1H. The number of halogens is 1. The van der Waals surface area contributed by atoms with E-state index in [1.54, 1.807) is 0 Å². The van der Waals surface area contributed by atoms with Crippen molar-refractivity contribution in [3.8, 4) is 0 Å². The SMILES string of the molecule is CCNC(=NCCN1CCCS1(=O)=O)NC(C)(C)C.I. The molecule has 1 rings (SSSR count). The van der Waals surface area contributed by atoms with E-state index in [2.05, 4.69) is 36.4 Å². The molecule has 1 aliphatic heterocycles. The second-order valence-corrected chi connectivity index (χ2v) is 7.79. The molecule has 6 nitrogen and oxygen atoms in total. The number of nitrogens with zero attached hydrogens (tertiary/aromatic N) is 2. The van der Waals surface area contributed by atoms with E-state index < -0.39 is 10.0 Å². The summed E-state index contributed by atoms with van der Waals surface area (Å²) >= 11 is 0. The van der Waals surface area contributed by atoms with Crippen molar-refractivity contribution in [3.05, 3.63) is 0 Å². The van der Waals surface area contributed by atoms with E-state index in [1.807, 2.05) is 6.92 Å². The summed E-state index contributed by atoms with van der Waals surface area (Å²) in [5, 5.41) is 6.43. The van der Waals surface area contributed by atoms with Crippen molar-refractivity contribution in [1.29, 1.82) is 0 Å². The van der Waals surface area contributed by atoms with Crippen LogP contribution in [0.15, 0.2) is 4.99 Å². The van der Waals surface area contributed by atoms with Crippen LogP contribution >= 0.6 is 24.0 Å². The third-order valence-electron chi connectivity index (χ3n) is 2.66. The van der Waals surface area contributed by atoms with Crippen LogP contribution in [0, 0.1) is 0 Å². The van der Waals surface area contributed by atoms with Gasteiger partial charge in [-0.2, -0.15) is 0 Å². The number of sulfonamides is 1. The third kappa shape index (κ3) is 7.07. The van der Waals surface area contributed by atoms with E-state index in [0.717, 1.165) is 18.9 Å². The Hall–Kier alpha value is -0.0900. The van der Waals surface area contributed by atoms with Gasteiger partial charge < -0.3 is 10.6 Å². The Morgan fingerprint density at radius 3 is 2.45 bits per heavy atom. The summed E-state index contributed by atoms with van der Waals surface area (Å²) in [5.41, 5.74) is -0.0687. The van der Waals surface area contributed by atoms with E-state index in [4.69, 9.17) is 0 Å². The summed E-state index contributed by atoms with van der Waals surface area (Å²) in [6.07, 6.45) is 0.729. The van der Waals surface area contributed by atoms with Gasteiger partial charge in [0.15, 0.2) is 5.96 Å². The fourth-order valence-corrected chi connectivity index (χ4v) is 3.40. The molecule has 1 heterocycles. The van der Waals surface area contributed by atoms with Crippen molar-refractivity contribution < 1.29 is 8.42 Å². The van der Waals surface area contributed by atoms with E-state index in [0.29, 0.717) is 19.6 Å². The maximum absolute atomic E-state index is 11.6. The van der Waals surface area contributed by atoms with Gasteiger partial charge in [0, 0.05) is 25.2 Å². The van der Waals surface area contributed by atoms with Crippen molar-refractivity contribution in [1.82, 2.24) is 14.9 Å².